The van der Waals surface area contributed by atoms with Crippen molar-refractivity contribution >= 4 is 11.8 Å². The number of phenolic OH excluding ortho intramolecular Hbond substituents is 2. The van der Waals surface area contributed by atoms with E-state index >= 15 is 0 Å². The van der Waals surface area contributed by atoms with Gasteiger partial charge in [0.1, 0.15) is 11.5 Å². The van der Waals surface area contributed by atoms with Crippen molar-refractivity contribution < 1.29 is 34.8 Å². The number of aliphatic hydroxyl groups is 1. The molecule has 0 saturated carbocycles. The molecule has 28 heavy (non-hydrogen) atoms. The number of Topliss-reactive ketones (excluding diaryl/α,β-unsaturated/α-hetero) is 1. The van der Waals surface area contributed by atoms with Gasteiger partial charge < -0.3 is 25.2 Å². The van der Waals surface area contributed by atoms with Gasteiger partial charge in [0.2, 0.25) is 0 Å². The summed E-state index contributed by atoms with van der Waals surface area (Å²) >= 11 is 0. The average molecular weight is 390 g/mol. The summed E-state index contributed by atoms with van der Waals surface area (Å²) in [5.74, 6) is -2.41. The third-order valence-electron chi connectivity index (χ3n) is 4.75. The number of carboxylic acids is 1. The molecule has 2 rings (SSSR count). The van der Waals surface area contributed by atoms with E-state index in [9.17, 15) is 30.0 Å². The van der Waals surface area contributed by atoms with Crippen molar-refractivity contribution in [1.29, 1.82) is 0 Å². The minimum absolute atomic E-state index is 0.143. The Balaban J connectivity index is 2.13. The number of benzene rings is 1. The highest BCUT2D eigenvalue weighted by molar-refractivity contribution is 6.04. The van der Waals surface area contributed by atoms with E-state index in [4.69, 9.17) is 4.74 Å². The van der Waals surface area contributed by atoms with E-state index in [0.717, 1.165) is 6.07 Å². The first-order valence-electron chi connectivity index (χ1n) is 8.98. The normalized spacial score (nSPS) is 23.3. The molecule has 7 nitrogen and oxygen atoms in total. The predicted octanol–water partition coefficient (Wildman–Crippen LogP) is 2.95. The van der Waals surface area contributed by atoms with Crippen LogP contribution in [0.15, 0.2) is 42.0 Å². The number of carbonyl (C=O) groups excluding carboxylic acids is 1. The number of phenols is 2. The molecule has 1 aliphatic rings. The van der Waals surface area contributed by atoms with Crippen molar-refractivity contribution in [3.63, 3.8) is 0 Å². The third-order valence-corrected chi connectivity index (χ3v) is 4.75. The average Bonchev–Trinajstić information content (AvgIpc) is 2.98. The molecule has 0 unspecified atom stereocenters. The molecule has 1 fully saturated rings. The van der Waals surface area contributed by atoms with Crippen LogP contribution in [-0.2, 0) is 9.53 Å². The molecule has 1 heterocycles. The highest BCUT2D eigenvalue weighted by atomic mass is 16.5. The first-order valence-corrected chi connectivity index (χ1v) is 8.98. The molecule has 0 aliphatic carbocycles. The lowest BCUT2D eigenvalue weighted by Crippen LogP contribution is -2.37. The van der Waals surface area contributed by atoms with Crippen LogP contribution in [0.2, 0.25) is 0 Å². The molecule has 0 aromatic heterocycles. The largest absolute Gasteiger partial charge is 0.508 e. The molecule has 0 spiro atoms. The van der Waals surface area contributed by atoms with Gasteiger partial charge in [-0.05, 0) is 51.8 Å². The summed E-state index contributed by atoms with van der Waals surface area (Å²) in [6.07, 6.45) is 5.12. The zero-order chi connectivity index (χ0) is 21.1. The van der Waals surface area contributed by atoms with Gasteiger partial charge in [-0.2, -0.15) is 0 Å². The van der Waals surface area contributed by atoms with Crippen LogP contribution in [0.25, 0.3) is 0 Å². The zero-order valence-corrected chi connectivity index (χ0v) is 16.2. The number of carboxylic acid groups (broad SMARTS) is 1. The lowest BCUT2D eigenvalue weighted by atomic mass is 9.96. The Hall–Kier alpha value is -2.64. The lowest BCUT2D eigenvalue weighted by molar-refractivity contribution is -0.132. The summed E-state index contributed by atoms with van der Waals surface area (Å²) in [4.78, 5) is 23.8. The first-order chi connectivity index (χ1) is 12.9. The summed E-state index contributed by atoms with van der Waals surface area (Å²) in [7, 11) is 0. The predicted molar refractivity (Wildman–Crippen MR) is 102 cm³/mol. The molecule has 0 amide bonds. The molecule has 1 saturated heterocycles. The van der Waals surface area contributed by atoms with Crippen molar-refractivity contribution in [2.75, 3.05) is 0 Å². The second-order valence-corrected chi connectivity index (χ2v) is 7.77. The summed E-state index contributed by atoms with van der Waals surface area (Å²) in [5, 5.41) is 38.7. The smallest absolute Gasteiger partial charge is 0.332 e. The van der Waals surface area contributed by atoms with Gasteiger partial charge in [0.15, 0.2) is 5.78 Å². The molecule has 0 radical (unpaired) electrons. The van der Waals surface area contributed by atoms with E-state index in [-0.39, 0.29) is 28.7 Å². The minimum atomic E-state index is -1.26. The maximum atomic E-state index is 12.3. The summed E-state index contributed by atoms with van der Waals surface area (Å²) in [6.45, 7) is 5.20. The summed E-state index contributed by atoms with van der Waals surface area (Å²) in [5.41, 5.74) is -1.92. The number of allylic oxidation sites excluding steroid dienone is 2. The molecular weight excluding hydrogens is 364 g/mol. The molecule has 7 heteroatoms. The Kier molecular flexibility index (Phi) is 6.31. The highest BCUT2D eigenvalue weighted by Crippen LogP contribution is 2.36. The van der Waals surface area contributed by atoms with Gasteiger partial charge in [-0.3, -0.25) is 4.79 Å². The second kappa shape index (κ2) is 8.16. The number of carbonyl (C=O) groups is 2. The van der Waals surface area contributed by atoms with Crippen molar-refractivity contribution in [1.82, 2.24) is 0 Å². The van der Waals surface area contributed by atoms with Gasteiger partial charge in [-0.25, -0.2) is 4.79 Å². The maximum Gasteiger partial charge on any atom is 0.332 e. The van der Waals surface area contributed by atoms with Crippen LogP contribution in [0.1, 0.15) is 50.4 Å². The Morgan fingerprint density at radius 2 is 2.00 bits per heavy atom. The van der Waals surface area contributed by atoms with Crippen LogP contribution in [0.4, 0.5) is 0 Å². The van der Waals surface area contributed by atoms with Gasteiger partial charge in [0, 0.05) is 12.0 Å². The number of aliphatic carboxylic acids is 1. The molecule has 1 aromatic rings. The first kappa shape index (κ1) is 21.7. The topological polar surface area (TPSA) is 124 Å². The zero-order valence-electron chi connectivity index (χ0n) is 16.2. The van der Waals surface area contributed by atoms with Crippen LogP contribution in [0.3, 0.4) is 0 Å². The Morgan fingerprint density at radius 1 is 1.32 bits per heavy atom. The van der Waals surface area contributed by atoms with Crippen LogP contribution < -0.4 is 0 Å². The molecule has 0 bridgehead atoms. The van der Waals surface area contributed by atoms with Crippen molar-refractivity contribution in [3.05, 3.63) is 47.6 Å². The van der Waals surface area contributed by atoms with E-state index in [1.807, 2.05) is 6.92 Å². The SMILES string of the molecule is CC(C)(O)[C@@H]1CC[C@@](C)(/C=C/C=C(\CC(=O)c2cc(O)ccc2O)C(=O)O)O1. The van der Waals surface area contributed by atoms with E-state index in [1.165, 1.54) is 24.3 Å². The van der Waals surface area contributed by atoms with Crippen LogP contribution in [-0.4, -0.2) is 49.5 Å². The van der Waals surface area contributed by atoms with Crippen molar-refractivity contribution in [3.8, 4) is 11.5 Å². The molecule has 152 valence electrons. The van der Waals surface area contributed by atoms with Crippen molar-refractivity contribution in [2.45, 2.75) is 57.3 Å². The number of ketones is 1. The monoisotopic (exact) mass is 390 g/mol. The Labute approximate surface area is 163 Å². The summed E-state index contributed by atoms with van der Waals surface area (Å²) < 4.78 is 5.89. The second-order valence-electron chi connectivity index (χ2n) is 7.77. The van der Waals surface area contributed by atoms with E-state index < -0.39 is 29.4 Å². The van der Waals surface area contributed by atoms with E-state index in [0.29, 0.717) is 12.8 Å². The van der Waals surface area contributed by atoms with Crippen molar-refractivity contribution in [2.24, 2.45) is 0 Å². The van der Waals surface area contributed by atoms with E-state index in [1.54, 1.807) is 19.9 Å². The lowest BCUT2D eigenvalue weighted by Gasteiger charge is -2.28. The number of hydrogen-bond acceptors (Lipinski definition) is 6. The number of ether oxygens (including phenoxy) is 1. The van der Waals surface area contributed by atoms with Gasteiger partial charge in [0.25, 0.3) is 0 Å². The Morgan fingerprint density at radius 3 is 2.57 bits per heavy atom. The van der Waals surface area contributed by atoms with Gasteiger partial charge in [-0.15, -0.1) is 0 Å². The number of aromatic hydroxyl groups is 2. The molecular formula is C21H26O7. The molecule has 4 N–H and O–H groups in total. The molecule has 2 atom stereocenters. The van der Waals surface area contributed by atoms with Crippen LogP contribution in [0, 0.1) is 0 Å². The van der Waals surface area contributed by atoms with E-state index in [2.05, 4.69) is 0 Å². The van der Waals surface area contributed by atoms with Crippen LogP contribution in [0.5, 0.6) is 11.5 Å². The fraction of sp³-hybridized carbons (Fsp3) is 0.429. The number of hydrogen-bond donors (Lipinski definition) is 4. The summed E-state index contributed by atoms with van der Waals surface area (Å²) in [6, 6.07) is 3.49. The molecule has 1 aromatic carbocycles. The molecule has 1 aliphatic heterocycles. The standard InChI is InChI=1S/C21H26O7/c1-20(2,27)18-8-10-21(3,28-18)9-4-5-13(19(25)26)11-17(24)15-12-14(22)6-7-16(15)23/h4-7,9,12,18,22-23,27H,8,10-11H2,1-3H3,(H,25,26)/b9-4+,13-5+/t18-,21+/m0/s1. The quantitative estimate of drug-likeness (QED) is 0.244. The van der Waals surface area contributed by atoms with Gasteiger partial charge >= 0.3 is 5.97 Å². The number of rotatable bonds is 7. The fourth-order valence-electron chi connectivity index (χ4n) is 3.07. The fourth-order valence-corrected chi connectivity index (χ4v) is 3.07. The highest BCUT2D eigenvalue weighted by Gasteiger charge is 2.40. The third kappa shape index (κ3) is 5.43. The maximum absolute atomic E-state index is 12.3. The van der Waals surface area contributed by atoms with Gasteiger partial charge in [0.05, 0.1) is 22.9 Å². The minimum Gasteiger partial charge on any atom is -0.508 e. The van der Waals surface area contributed by atoms with Crippen LogP contribution >= 0.6 is 0 Å². The van der Waals surface area contributed by atoms with Gasteiger partial charge in [-0.1, -0.05) is 18.2 Å². The Bertz CT molecular complexity index is 817.